The Morgan fingerprint density at radius 1 is 1.52 bits per heavy atom. The number of nitrogens with two attached hydrogens (primary N) is 1. The van der Waals surface area contributed by atoms with Gasteiger partial charge in [-0.25, -0.2) is 0 Å². The van der Waals surface area contributed by atoms with Gasteiger partial charge in [-0.15, -0.1) is 0 Å². The van der Waals surface area contributed by atoms with Gasteiger partial charge in [0.15, 0.2) is 12.0 Å². The third-order valence-corrected chi connectivity index (χ3v) is 4.10. The minimum Gasteiger partial charge on any atom is -0.387 e. The number of nitrogen functional groups attached to an aromatic ring is 1. The fourth-order valence-corrected chi connectivity index (χ4v) is 3.02. The van der Waals surface area contributed by atoms with Crippen molar-refractivity contribution in [2.24, 2.45) is 0 Å². The lowest BCUT2D eigenvalue weighted by molar-refractivity contribution is 0.0167. The van der Waals surface area contributed by atoms with Crippen molar-refractivity contribution in [1.82, 2.24) is 9.97 Å². The van der Waals surface area contributed by atoms with Crippen LogP contribution in [0.5, 0.6) is 0 Å². The van der Waals surface area contributed by atoms with Crippen molar-refractivity contribution in [3.8, 4) is 0 Å². The maximum atomic E-state index is 12.0. The van der Waals surface area contributed by atoms with E-state index < -0.39 is 24.5 Å². The molecule has 9 nitrogen and oxygen atoms in total. The lowest BCUT2D eigenvalue weighted by Gasteiger charge is -2.27. The number of rotatable bonds is 2. The predicted molar refractivity (Wildman–Crippen MR) is 79.5 cm³/mol. The van der Waals surface area contributed by atoms with Crippen molar-refractivity contribution in [3.63, 3.8) is 0 Å². The summed E-state index contributed by atoms with van der Waals surface area (Å²) in [7, 11) is 1.72. The zero-order chi connectivity index (χ0) is 15.3. The predicted octanol–water partition coefficient (Wildman–Crippen LogP) is -2.06. The van der Waals surface area contributed by atoms with E-state index in [0.29, 0.717) is 18.2 Å². The van der Waals surface area contributed by atoms with E-state index in [4.69, 9.17) is 10.5 Å². The summed E-state index contributed by atoms with van der Waals surface area (Å²) in [5.74, 6) is 0.587. The molecule has 4 atom stereocenters. The summed E-state index contributed by atoms with van der Waals surface area (Å²) >= 11 is 4.09. The molecule has 1 fully saturated rings. The maximum Gasteiger partial charge on any atom is 0.278 e. The molecule has 0 saturated carbocycles. The summed E-state index contributed by atoms with van der Waals surface area (Å²) in [5, 5.41) is 20.1. The second kappa shape index (κ2) is 5.05. The number of aromatic amines is 1. The first-order chi connectivity index (χ1) is 9.93. The van der Waals surface area contributed by atoms with Gasteiger partial charge in [0.25, 0.3) is 5.56 Å². The topological polar surface area (TPSA) is 128 Å². The van der Waals surface area contributed by atoms with Crippen LogP contribution < -0.4 is 21.1 Å². The number of anilines is 3. The molecule has 1 aromatic heterocycles. The van der Waals surface area contributed by atoms with Crippen molar-refractivity contribution in [3.05, 3.63) is 10.4 Å². The van der Waals surface area contributed by atoms with E-state index in [9.17, 15) is 15.0 Å². The minimum atomic E-state index is -1.12. The van der Waals surface area contributed by atoms with Crippen molar-refractivity contribution in [1.29, 1.82) is 0 Å². The number of thiol groups is 1. The van der Waals surface area contributed by atoms with E-state index in [1.54, 1.807) is 16.8 Å². The SMILES string of the molecule is CN1CN([C@@H]2O[C@H](CS)[C@@H](O)[C@H]2O)c2nc(N)[nH]c(=O)c21. The highest BCUT2D eigenvalue weighted by molar-refractivity contribution is 7.80. The summed E-state index contributed by atoms with van der Waals surface area (Å²) in [6.45, 7) is 0.294. The zero-order valence-electron chi connectivity index (χ0n) is 11.3. The van der Waals surface area contributed by atoms with Gasteiger partial charge in [0.1, 0.15) is 17.9 Å². The summed E-state index contributed by atoms with van der Waals surface area (Å²) in [6, 6.07) is 0. The third kappa shape index (κ3) is 2.14. The first kappa shape index (κ1) is 14.4. The first-order valence-electron chi connectivity index (χ1n) is 6.44. The Bertz CT molecular complexity index is 611. The van der Waals surface area contributed by atoms with E-state index >= 15 is 0 Å². The first-order valence-corrected chi connectivity index (χ1v) is 7.07. The molecule has 21 heavy (non-hydrogen) atoms. The number of H-pyrrole nitrogens is 1. The highest BCUT2D eigenvalue weighted by Crippen LogP contribution is 2.36. The van der Waals surface area contributed by atoms with Gasteiger partial charge in [0.2, 0.25) is 5.95 Å². The molecule has 1 aromatic rings. The summed E-state index contributed by atoms with van der Waals surface area (Å²) in [4.78, 5) is 21.8. The number of fused-ring (bicyclic) bond motifs is 1. The van der Waals surface area contributed by atoms with Gasteiger partial charge in [-0.3, -0.25) is 9.78 Å². The van der Waals surface area contributed by atoms with Crippen LogP contribution in [-0.4, -0.2) is 64.2 Å². The Labute approximate surface area is 125 Å². The molecule has 0 aliphatic carbocycles. The average molecular weight is 315 g/mol. The van der Waals surface area contributed by atoms with Gasteiger partial charge in [-0.05, 0) is 0 Å². The lowest BCUT2D eigenvalue weighted by atomic mass is 10.1. The van der Waals surface area contributed by atoms with Crippen LogP contribution >= 0.6 is 12.6 Å². The second-order valence-corrected chi connectivity index (χ2v) is 5.53. The smallest absolute Gasteiger partial charge is 0.278 e. The minimum absolute atomic E-state index is 0.0159. The highest BCUT2D eigenvalue weighted by atomic mass is 32.1. The molecule has 0 unspecified atom stereocenters. The van der Waals surface area contributed by atoms with E-state index in [2.05, 4.69) is 22.6 Å². The average Bonchev–Trinajstić information content (AvgIpc) is 2.89. The molecule has 3 heterocycles. The molecule has 10 heteroatoms. The van der Waals surface area contributed by atoms with E-state index in [-0.39, 0.29) is 17.3 Å². The van der Waals surface area contributed by atoms with Crippen LogP contribution in [0.15, 0.2) is 4.79 Å². The van der Waals surface area contributed by atoms with E-state index in [1.807, 2.05) is 0 Å². The number of nitrogens with zero attached hydrogens (tertiary/aromatic N) is 3. The molecule has 0 bridgehead atoms. The molecule has 5 N–H and O–H groups in total. The standard InChI is InChI=1S/C11H17N5O4S/c1-15-3-16(8-5(15)9(19)14-11(12)13-8)10-7(18)6(17)4(2-21)20-10/h4,6-7,10,17-18,21H,2-3H2,1H3,(H3,12,13,14,19)/t4-,6-,7-,10-/m1/s1. The largest absolute Gasteiger partial charge is 0.387 e. The van der Waals surface area contributed by atoms with Crippen molar-refractivity contribution < 1.29 is 14.9 Å². The summed E-state index contributed by atoms with van der Waals surface area (Å²) in [6.07, 6.45) is -3.55. The number of aliphatic hydroxyl groups is 2. The quantitative estimate of drug-likeness (QED) is 0.394. The van der Waals surface area contributed by atoms with Crippen LogP contribution in [0.1, 0.15) is 0 Å². The van der Waals surface area contributed by atoms with E-state index in [0.717, 1.165) is 0 Å². The van der Waals surface area contributed by atoms with Gasteiger partial charge >= 0.3 is 0 Å². The van der Waals surface area contributed by atoms with Gasteiger partial charge in [0.05, 0.1) is 12.8 Å². The van der Waals surface area contributed by atoms with Gasteiger partial charge in [-0.2, -0.15) is 17.6 Å². The maximum absolute atomic E-state index is 12.0. The van der Waals surface area contributed by atoms with Crippen molar-refractivity contribution >= 4 is 30.1 Å². The molecule has 3 rings (SSSR count). The fourth-order valence-electron chi connectivity index (χ4n) is 2.72. The summed E-state index contributed by atoms with van der Waals surface area (Å²) < 4.78 is 5.63. The summed E-state index contributed by atoms with van der Waals surface area (Å²) in [5.41, 5.74) is 5.57. The molecule has 0 spiro atoms. The van der Waals surface area contributed by atoms with Crippen LogP contribution in [0.25, 0.3) is 0 Å². The Hall–Kier alpha value is -1.49. The number of hydrogen-bond acceptors (Lipinski definition) is 9. The van der Waals surface area contributed by atoms with Gasteiger partial charge in [0, 0.05) is 12.8 Å². The van der Waals surface area contributed by atoms with Crippen molar-refractivity contribution in [2.45, 2.75) is 24.5 Å². The molecule has 0 aromatic carbocycles. The van der Waals surface area contributed by atoms with Gasteiger partial charge in [-0.1, -0.05) is 0 Å². The molecule has 1 saturated heterocycles. The zero-order valence-corrected chi connectivity index (χ0v) is 12.2. The number of aromatic nitrogens is 2. The molecule has 116 valence electrons. The molecular weight excluding hydrogens is 298 g/mol. The fraction of sp³-hybridized carbons (Fsp3) is 0.636. The van der Waals surface area contributed by atoms with E-state index in [1.165, 1.54) is 0 Å². The molecule has 2 aliphatic rings. The molecule has 2 aliphatic heterocycles. The molecule has 0 amide bonds. The number of hydrogen-bond donors (Lipinski definition) is 5. The number of ether oxygens (including phenoxy) is 1. The third-order valence-electron chi connectivity index (χ3n) is 3.74. The molecule has 0 radical (unpaired) electrons. The van der Waals surface area contributed by atoms with Crippen LogP contribution in [0.3, 0.4) is 0 Å². The van der Waals surface area contributed by atoms with Crippen LogP contribution in [0.2, 0.25) is 0 Å². The van der Waals surface area contributed by atoms with Crippen LogP contribution in [0, 0.1) is 0 Å². The van der Waals surface area contributed by atoms with Crippen LogP contribution in [0.4, 0.5) is 17.5 Å². The Morgan fingerprint density at radius 3 is 2.86 bits per heavy atom. The number of aliphatic hydroxyl groups excluding tert-OH is 2. The monoisotopic (exact) mass is 315 g/mol. The second-order valence-electron chi connectivity index (χ2n) is 5.16. The van der Waals surface area contributed by atoms with Crippen LogP contribution in [-0.2, 0) is 4.74 Å². The van der Waals surface area contributed by atoms with Crippen molar-refractivity contribution in [2.75, 3.05) is 35.0 Å². The lowest BCUT2D eigenvalue weighted by Crippen LogP contribution is -2.45. The normalized spacial score (nSPS) is 31.8. The van der Waals surface area contributed by atoms with Gasteiger partial charge < -0.3 is 30.5 Å². The molecular formula is C11H17N5O4S. The highest BCUT2D eigenvalue weighted by Gasteiger charge is 2.47. The Balaban J connectivity index is 1.99. The number of nitrogens with one attached hydrogen (secondary N) is 1. The Kier molecular flexibility index (Phi) is 3.48. The Morgan fingerprint density at radius 2 is 2.24 bits per heavy atom.